The quantitative estimate of drug-likeness (QED) is 0.469. The highest BCUT2D eigenvalue weighted by Crippen LogP contribution is 2.38. The van der Waals surface area contributed by atoms with Crippen LogP contribution in [-0.4, -0.2) is 21.6 Å². The first-order valence-electron chi connectivity index (χ1n) is 10.5. The molecule has 4 heteroatoms. The number of allylic oxidation sites excluding steroid dienone is 1. The summed E-state index contributed by atoms with van der Waals surface area (Å²) in [6, 6.07) is 15.1. The lowest BCUT2D eigenvalue weighted by molar-refractivity contribution is -0.118. The molecule has 0 saturated heterocycles. The third kappa shape index (κ3) is 4.88. The van der Waals surface area contributed by atoms with Gasteiger partial charge in [0.25, 0.3) is 0 Å². The summed E-state index contributed by atoms with van der Waals surface area (Å²) in [5.41, 5.74) is 4.24. The third-order valence-corrected chi connectivity index (χ3v) is 5.35. The van der Waals surface area contributed by atoms with Gasteiger partial charge in [0.1, 0.15) is 11.6 Å². The second-order valence-electron chi connectivity index (χ2n) is 8.38. The fraction of sp³-hybridized carbons (Fsp3) is 0.346. The minimum Gasteiger partial charge on any atom is -0.393 e. The second-order valence-corrected chi connectivity index (χ2v) is 8.38. The van der Waals surface area contributed by atoms with Crippen LogP contribution >= 0.6 is 0 Å². The largest absolute Gasteiger partial charge is 0.393 e. The molecule has 3 rings (SSSR count). The highest BCUT2D eigenvalue weighted by atomic mass is 19.1. The van der Waals surface area contributed by atoms with Crippen LogP contribution < -0.4 is 0 Å². The van der Waals surface area contributed by atoms with Crippen molar-refractivity contribution in [3.8, 4) is 11.1 Å². The molecule has 3 nitrogen and oxygen atoms in total. The van der Waals surface area contributed by atoms with E-state index in [9.17, 15) is 14.3 Å². The van der Waals surface area contributed by atoms with Crippen molar-refractivity contribution in [1.82, 2.24) is 4.57 Å². The van der Waals surface area contributed by atoms with Crippen molar-refractivity contribution in [2.24, 2.45) is 5.92 Å². The van der Waals surface area contributed by atoms with Gasteiger partial charge in [-0.05, 0) is 62.9 Å². The van der Waals surface area contributed by atoms with Crippen LogP contribution in [-0.2, 0) is 4.79 Å². The fourth-order valence-electron chi connectivity index (χ4n) is 4.10. The lowest BCUT2D eigenvalue weighted by atomic mass is 9.98. The first kappa shape index (κ1) is 22.0. The molecule has 1 unspecified atom stereocenters. The van der Waals surface area contributed by atoms with E-state index in [1.807, 2.05) is 31.2 Å². The molecule has 2 atom stereocenters. The van der Waals surface area contributed by atoms with Crippen LogP contribution in [0.1, 0.15) is 52.3 Å². The fourth-order valence-corrected chi connectivity index (χ4v) is 4.10. The Morgan fingerprint density at radius 3 is 2.40 bits per heavy atom. The number of aromatic nitrogens is 1. The molecule has 1 heterocycles. The maximum absolute atomic E-state index is 13.5. The summed E-state index contributed by atoms with van der Waals surface area (Å²) in [7, 11) is 0. The molecule has 3 aromatic rings. The van der Waals surface area contributed by atoms with Crippen LogP contribution in [0.3, 0.4) is 0 Å². The van der Waals surface area contributed by atoms with Gasteiger partial charge < -0.3 is 9.67 Å². The van der Waals surface area contributed by atoms with Crippen molar-refractivity contribution < 1.29 is 14.3 Å². The molecule has 0 saturated carbocycles. The summed E-state index contributed by atoms with van der Waals surface area (Å²) < 4.78 is 15.8. The average molecular weight is 408 g/mol. The van der Waals surface area contributed by atoms with Crippen LogP contribution in [0.4, 0.5) is 4.39 Å². The summed E-state index contributed by atoms with van der Waals surface area (Å²) in [6.45, 7) is 7.84. The number of halogens is 1. The zero-order valence-corrected chi connectivity index (χ0v) is 18.1. The zero-order valence-electron chi connectivity index (χ0n) is 18.1. The van der Waals surface area contributed by atoms with Crippen LogP contribution in [0.5, 0.6) is 0 Å². The minimum absolute atomic E-state index is 0.00258. The smallest absolute Gasteiger partial charge is 0.132 e. The molecule has 0 aliphatic rings. The number of benzene rings is 2. The van der Waals surface area contributed by atoms with Crippen molar-refractivity contribution in [2.45, 2.75) is 52.7 Å². The monoisotopic (exact) mass is 407 g/mol. The van der Waals surface area contributed by atoms with E-state index in [0.717, 1.165) is 27.7 Å². The molecule has 0 radical (unpaired) electrons. The Morgan fingerprint density at radius 2 is 1.77 bits per heavy atom. The molecule has 2 aromatic carbocycles. The summed E-state index contributed by atoms with van der Waals surface area (Å²) in [5.74, 6) is -0.146. The highest BCUT2D eigenvalue weighted by Gasteiger charge is 2.19. The second kappa shape index (κ2) is 9.40. The van der Waals surface area contributed by atoms with Gasteiger partial charge in [0.05, 0.1) is 6.10 Å². The van der Waals surface area contributed by atoms with E-state index in [1.54, 1.807) is 0 Å². The van der Waals surface area contributed by atoms with Crippen molar-refractivity contribution in [1.29, 1.82) is 0 Å². The number of rotatable bonds is 8. The SMILES string of the molecule is CC(=O)CC(O)C[C@H](C)/C=C/c1c(-c2ccc(F)cc2)c2ccccc2n1C(C)C. The third-order valence-electron chi connectivity index (χ3n) is 5.35. The Balaban J connectivity index is 2.08. The Kier molecular flexibility index (Phi) is 6.88. The number of aliphatic hydroxyl groups is 1. The zero-order chi connectivity index (χ0) is 21.8. The summed E-state index contributed by atoms with van der Waals surface area (Å²) in [5, 5.41) is 11.2. The number of fused-ring (bicyclic) bond motifs is 1. The number of carbonyl (C=O) groups excluding carboxylic acids is 1. The van der Waals surface area contributed by atoms with Gasteiger partial charge >= 0.3 is 0 Å². The number of nitrogens with zero attached hydrogens (tertiary/aromatic N) is 1. The van der Waals surface area contributed by atoms with Crippen molar-refractivity contribution >= 4 is 22.8 Å². The standard InChI is InChI=1S/C26H30FNO2/c1-17(2)28-24-8-6-5-7-23(24)26(20-10-12-21(27)13-11-20)25(28)14-9-18(3)15-22(30)16-19(4)29/h5-14,17-18,22,30H,15-16H2,1-4H3/b14-9+/t18-,22?/m1/s1. The van der Waals surface area contributed by atoms with E-state index >= 15 is 0 Å². The number of hydrogen-bond donors (Lipinski definition) is 1. The van der Waals surface area contributed by atoms with Crippen LogP contribution in [0.15, 0.2) is 54.6 Å². The Hall–Kier alpha value is -2.72. The van der Waals surface area contributed by atoms with Crippen LogP contribution in [0.25, 0.3) is 28.1 Å². The summed E-state index contributed by atoms with van der Waals surface area (Å²) in [4.78, 5) is 11.3. The number of hydrogen-bond acceptors (Lipinski definition) is 2. The van der Waals surface area contributed by atoms with Crippen LogP contribution in [0.2, 0.25) is 0 Å². The molecular weight excluding hydrogens is 377 g/mol. The molecule has 1 aromatic heterocycles. The number of ketones is 1. The van der Waals surface area contributed by atoms with E-state index in [2.05, 4.69) is 42.7 Å². The van der Waals surface area contributed by atoms with E-state index < -0.39 is 6.10 Å². The molecule has 30 heavy (non-hydrogen) atoms. The normalized spacial score (nSPS) is 14.0. The number of aliphatic hydroxyl groups excluding tert-OH is 1. The van der Waals surface area contributed by atoms with Gasteiger partial charge in [-0.2, -0.15) is 0 Å². The Bertz CT molecular complexity index is 1050. The molecule has 158 valence electrons. The first-order chi connectivity index (χ1) is 14.3. The predicted molar refractivity (Wildman–Crippen MR) is 122 cm³/mol. The lowest BCUT2D eigenvalue weighted by Crippen LogP contribution is -2.14. The average Bonchev–Trinajstić information content (AvgIpc) is 3.00. The first-order valence-corrected chi connectivity index (χ1v) is 10.5. The Morgan fingerprint density at radius 1 is 1.10 bits per heavy atom. The van der Waals surface area contributed by atoms with Gasteiger partial charge in [-0.25, -0.2) is 4.39 Å². The van der Waals surface area contributed by atoms with E-state index in [0.29, 0.717) is 6.42 Å². The van der Waals surface area contributed by atoms with Gasteiger partial charge in [0.2, 0.25) is 0 Å². The number of Topliss-reactive ketones (excluding diaryl/α,β-unsaturated/α-hetero) is 1. The van der Waals surface area contributed by atoms with Crippen molar-refractivity contribution in [3.63, 3.8) is 0 Å². The molecule has 0 fully saturated rings. The molecule has 0 spiro atoms. The van der Waals surface area contributed by atoms with E-state index in [-0.39, 0.29) is 30.0 Å². The number of carbonyl (C=O) groups is 1. The summed E-state index contributed by atoms with van der Waals surface area (Å²) in [6.07, 6.45) is 4.28. The predicted octanol–water partition coefficient (Wildman–Crippen LogP) is 6.41. The van der Waals surface area contributed by atoms with Gasteiger partial charge in [-0.15, -0.1) is 0 Å². The summed E-state index contributed by atoms with van der Waals surface area (Å²) >= 11 is 0. The van der Waals surface area contributed by atoms with Gasteiger partial charge in [-0.1, -0.05) is 43.3 Å². The lowest BCUT2D eigenvalue weighted by Gasteiger charge is -2.15. The Labute approximate surface area is 177 Å². The topological polar surface area (TPSA) is 42.2 Å². The minimum atomic E-state index is -0.630. The van der Waals surface area contributed by atoms with Crippen molar-refractivity contribution in [2.75, 3.05) is 0 Å². The molecular formula is C26H30FNO2. The van der Waals surface area contributed by atoms with Crippen molar-refractivity contribution in [3.05, 3.63) is 66.1 Å². The maximum Gasteiger partial charge on any atom is 0.132 e. The van der Waals surface area contributed by atoms with E-state index in [1.165, 1.54) is 19.1 Å². The van der Waals surface area contributed by atoms with Gasteiger partial charge in [0.15, 0.2) is 0 Å². The molecule has 1 N–H and O–H groups in total. The highest BCUT2D eigenvalue weighted by molar-refractivity contribution is 6.01. The number of para-hydroxylation sites is 1. The maximum atomic E-state index is 13.5. The van der Waals surface area contributed by atoms with E-state index in [4.69, 9.17) is 0 Å². The molecule has 0 aliphatic carbocycles. The van der Waals surface area contributed by atoms with Gasteiger partial charge in [0, 0.05) is 34.6 Å². The molecule has 0 bridgehead atoms. The van der Waals surface area contributed by atoms with Crippen LogP contribution in [0, 0.1) is 11.7 Å². The molecule has 0 amide bonds. The molecule has 0 aliphatic heterocycles. The van der Waals surface area contributed by atoms with Gasteiger partial charge in [-0.3, -0.25) is 4.79 Å².